The second kappa shape index (κ2) is 12.2. The number of aromatic nitrogens is 3. The molecular weight excluding hydrogens is 498 g/mol. The molecule has 0 spiro atoms. The largest absolute Gasteiger partial charge is 0.486 e. The van der Waals surface area contributed by atoms with E-state index in [1.165, 1.54) is 6.33 Å². The van der Waals surface area contributed by atoms with E-state index in [9.17, 15) is 14.4 Å². The molecule has 0 aliphatic heterocycles. The number of nitrogens with one attached hydrogen (secondary N) is 2. The zero-order valence-electron chi connectivity index (χ0n) is 22.1. The summed E-state index contributed by atoms with van der Waals surface area (Å²) in [5.74, 6) is -0.790. The Hall–Kier alpha value is -4.73. The lowest BCUT2D eigenvalue weighted by molar-refractivity contribution is -0.137. The van der Waals surface area contributed by atoms with Gasteiger partial charge in [-0.2, -0.15) is 0 Å². The van der Waals surface area contributed by atoms with E-state index in [1.807, 2.05) is 42.0 Å². The van der Waals surface area contributed by atoms with Gasteiger partial charge in [0.15, 0.2) is 5.75 Å². The van der Waals surface area contributed by atoms with Gasteiger partial charge in [0.1, 0.15) is 19.0 Å². The van der Waals surface area contributed by atoms with Crippen molar-refractivity contribution in [3.63, 3.8) is 0 Å². The fourth-order valence-corrected chi connectivity index (χ4v) is 4.40. The van der Waals surface area contributed by atoms with Gasteiger partial charge >= 0.3 is 5.97 Å². The molecule has 0 aliphatic carbocycles. The molecule has 0 aliphatic rings. The molecule has 1 unspecified atom stereocenters. The van der Waals surface area contributed by atoms with Crippen molar-refractivity contribution in [1.29, 1.82) is 0 Å². The third-order valence-corrected chi connectivity index (χ3v) is 6.53. The average Bonchev–Trinajstić information content (AvgIpc) is 3.27. The fourth-order valence-electron chi connectivity index (χ4n) is 4.40. The van der Waals surface area contributed by atoms with Crippen LogP contribution in [0, 0.1) is 6.92 Å². The van der Waals surface area contributed by atoms with Crippen molar-refractivity contribution in [3.05, 3.63) is 83.6 Å². The lowest BCUT2D eigenvalue weighted by Gasteiger charge is -2.18. The maximum atomic E-state index is 13.5. The molecule has 4 aromatic rings. The smallest absolute Gasteiger partial charge is 0.303 e. The normalized spacial score (nSPS) is 11.7. The minimum Gasteiger partial charge on any atom is -0.486 e. The number of hydrogen-bond acceptors (Lipinski definition) is 6. The van der Waals surface area contributed by atoms with Crippen LogP contribution in [0.3, 0.4) is 0 Å². The Morgan fingerprint density at radius 3 is 2.59 bits per heavy atom. The molecule has 3 N–H and O–H groups in total. The van der Waals surface area contributed by atoms with E-state index in [0.717, 1.165) is 27.6 Å². The van der Waals surface area contributed by atoms with Gasteiger partial charge < -0.3 is 25.0 Å². The summed E-state index contributed by atoms with van der Waals surface area (Å²) in [5.41, 5.74) is 4.54. The second-order valence-electron chi connectivity index (χ2n) is 9.30. The van der Waals surface area contributed by atoms with Gasteiger partial charge in [-0.05, 0) is 61.6 Å². The van der Waals surface area contributed by atoms with Gasteiger partial charge in [-0.1, -0.05) is 18.2 Å². The summed E-state index contributed by atoms with van der Waals surface area (Å²) in [6.07, 6.45) is 7.42. The lowest BCUT2D eigenvalue weighted by atomic mass is 10.0. The molecule has 0 fully saturated rings. The van der Waals surface area contributed by atoms with Crippen LogP contribution in [0.1, 0.15) is 52.9 Å². The van der Waals surface area contributed by atoms with Crippen LogP contribution < -0.4 is 15.4 Å². The van der Waals surface area contributed by atoms with Gasteiger partial charge in [0.05, 0.1) is 12.4 Å². The summed E-state index contributed by atoms with van der Waals surface area (Å²) in [6.45, 7) is 4.00. The summed E-state index contributed by atoms with van der Waals surface area (Å²) in [6, 6.07) is 10.5. The van der Waals surface area contributed by atoms with Crippen LogP contribution in [0.4, 0.5) is 5.69 Å². The van der Waals surface area contributed by atoms with Crippen molar-refractivity contribution in [2.45, 2.75) is 45.8 Å². The number of carbonyl (C=O) groups excluding carboxylic acids is 2. The molecule has 2 amide bonds. The number of carbonyl (C=O) groups is 3. The molecule has 0 radical (unpaired) electrons. The van der Waals surface area contributed by atoms with E-state index in [4.69, 9.17) is 9.84 Å². The predicted octanol–water partition coefficient (Wildman–Crippen LogP) is 4.29. The average molecular weight is 530 g/mol. The Kier molecular flexibility index (Phi) is 8.55. The van der Waals surface area contributed by atoms with Crippen LogP contribution in [-0.2, 0) is 22.6 Å². The first-order valence-electron chi connectivity index (χ1n) is 12.6. The fraction of sp³-hybridized carbons (Fsp3) is 0.276. The van der Waals surface area contributed by atoms with Crippen molar-refractivity contribution >= 4 is 34.4 Å². The van der Waals surface area contributed by atoms with Crippen molar-refractivity contribution in [3.8, 4) is 5.75 Å². The number of aliphatic carboxylic acids is 1. The Morgan fingerprint density at radius 2 is 1.87 bits per heavy atom. The number of carboxylic acids is 1. The maximum Gasteiger partial charge on any atom is 0.303 e. The van der Waals surface area contributed by atoms with E-state index < -0.39 is 12.0 Å². The molecular formula is C29H31N5O5. The summed E-state index contributed by atoms with van der Waals surface area (Å²) in [7, 11) is 1.58. The van der Waals surface area contributed by atoms with E-state index in [2.05, 4.69) is 20.6 Å². The number of anilines is 1. The first kappa shape index (κ1) is 27.3. The highest BCUT2D eigenvalue weighted by molar-refractivity contribution is 6.00. The lowest BCUT2D eigenvalue weighted by Crippen LogP contribution is -2.24. The molecule has 202 valence electrons. The van der Waals surface area contributed by atoms with Crippen molar-refractivity contribution < 1.29 is 24.2 Å². The van der Waals surface area contributed by atoms with Crippen LogP contribution in [0.25, 0.3) is 10.9 Å². The first-order valence-corrected chi connectivity index (χ1v) is 12.6. The van der Waals surface area contributed by atoms with Gasteiger partial charge in [0, 0.05) is 41.8 Å². The van der Waals surface area contributed by atoms with E-state index in [1.54, 1.807) is 38.5 Å². The zero-order chi connectivity index (χ0) is 27.9. The van der Waals surface area contributed by atoms with Gasteiger partial charge in [0.25, 0.3) is 5.91 Å². The van der Waals surface area contributed by atoms with E-state index in [0.29, 0.717) is 29.8 Å². The number of rotatable bonds is 11. The van der Waals surface area contributed by atoms with Gasteiger partial charge in [-0.3, -0.25) is 14.4 Å². The summed E-state index contributed by atoms with van der Waals surface area (Å²) >= 11 is 0. The zero-order valence-corrected chi connectivity index (χ0v) is 22.1. The number of carboxylic acid groups (broad SMARTS) is 1. The SMILES string of the molecule is CNC(=O)c1ccc2c(C)cn(C(C)C(=O)Nc3cc(COc4cncnc4)ccc3CCCC(=O)O)c2c1. The van der Waals surface area contributed by atoms with Crippen LogP contribution in [0.5, 0.6) is 5.75 Å². The van der Waals surface area contributed by atoms with Crippen LogP contribution in [0.15, 0.2) is 61.3 Å². The van der Waals surface area contributed by atoms with Crippen molar-refractivity contribution in [1.82, 2.24) is 19.9 Å². The number of aryl methyl sites for hydroxylation is 2. The summed E-state index contributed by atoms with van der Waals surface area (Å²) in [5, 5.41) is 15.7. The molecule has 2 heterocycles. The minimum absolute atomic E-state index is 0.0327. The van der Waals surface area contributed by atoms with Crippen molar-refractivity contribution in [2.24, 2.45) is 0 Å². The number of nitrogens with zero attached hydrogens (tertiary/aromatic N) is 3. The molecule has 0 saturated carbocycles. The molecule has 10 nitrogen and oxygen atoms in total. The van der Waals surface area contributed by atoms with E-state index >= 15 is 0 Å². The Labute approximate surface area is 226 Å². The van der Waals surface area contributed by atoms with Gasteiger partial charge in [-0.15, -0.1) is 0 Å². The molecule has 1 atom stereocenters. The Balaban J connectivity index is 1.59. The van der Waals surface area contributed by atoms with Gasteiger partial charge in [0.2, 0.25) is 5.91 Å². The monoisotopic (exact) mass is 529 g/mol. The molecule has 0 bridgehead atoms. The molecule has 39 heavy (non-hydrogen) atoms. The number of hydrogen-bond donors (Lipinski definition) is 3. The Bertz CT molecular complexity index is 1500. The van der Waals surface area contributed by atoms with E-state index in [-0.39, 0.29) is 24.8 Å². The predicted molar refractivity (Wildman–Crippen MR) is 147 cm³/mol. The third kappa shape index (κ3) is 6.59. The number of fused-ring (bicyclic) bond motifs is 1. The first-order chi connectivity index (χ1) is 18.8. The summed E-state index contributed by atoms with van der Waals surface area (Å²) in [4.78, 5) is 44.6. The number of amides is 2. The van der Waals surface area contributed by atoms with Crippen molar-refractivity contribution in [2.75, 3.05) is 12.4 Å². The highest BCUT2D eigenvalue weighted by atomic mass is 16.5. The highest BCUT2D eigenvalue weighted by Gasteiger charge is 2.20. The molecule has 0 saturated heterocycles. The maximum absolute atomic E-state index is 13.5. The molecule has 2 aromatic carbocycles. The molecule has 4 rings (SSSR count). The summed E-state index contributed by atoms with van der Waals surface area (Å²) < 4.78 is 7.62. The minimum atomic E-state index is -0.865. The Morgan fingerprint density at radius 1 is 1.10 bits per heavy atom. The second-order valence-corrected chi connectivity index (χ2v) is 9.30. The molecule has 2 aromatic heterocycles. The number of benzene rings is 2. The van der Waals surface area contributed by atoms with Crippen LogP contribution in [0.2, 0.25) is 0 Å². The van der Waals surface area contributed by atoms with Gasteiger partial charge in [-0.25, -0.2) is 9.97 Å². The molecule has 10 heteroatoms. The highest BCUT2D eigenvalue weighted by Crippen LogP contribution is 2.28. The standard InChI is InChI=1S/C29H31N5O5/c1-18-15-34(26-12-22(29(38)30-3)9-10-24(18)26)19(2)28(37)33-25-11-20(16-39-23-13-31-17-32-14-23)7-8-21(25)5-4-6-27(35)36/h7-15,17,19H,4-6,16H2,1-3H3,(H,30,38)(H,33,37)(H,35,36). The quantitative estimate of drug-likeness (QED) is 0.264. The van der Waals surface area contributed by atoms with Crippen LogP contribution in [-0.4, -0.2) is 44.5 Å². The third-order valence-electron chi connectivity index (χ3n) is 6.53. The van der Waals surface area contributed by atoms with Crippen LogP contribution >= 0.6 is 0 Å². The number of ether oxygens (including phenoxy) is 1. The topological polar surface area (TPSA) is 135 Å².